The first kappa shape index (κ1) is 22.4. The largest absolute Gasteiger partial charge is 0.494 e. The van der Waals surface area contributed by atoms with E-state index >= 15 is 0 Å². The molecule has 0 saturated carbocycles. The van der Waals surface area contributed by atoms with Crippen molar-refractivity contribution >= 4 is 22.4 Å². The molecule has 3 rings (SSSR count). The van der Waals surface area contributed by atoms with Gasteiger partial charge in [-0.3, -0.25) is 0 Å². The summed E-state index contributed by atoms with van der Waals surface area (Å²) in [6.45, 7) is 7.64. The van der Waals surface area contributed by atoms with Crippen LogP contribution in [0.3, 0.4) is 0 Å². The summed E-state index contributed by atoms with van der Waals surface area (Å²) in [6, 6.07) is 6.85. The summed E-state index contributed by atoms with van der Waals surface area (Å²) in [5.41, 5.74) is 0. The monoisotopic (exact) mass is 417 g/mol. The van der Waals surface area contributed by atoms with Gasteiger partial charge in [0, 0.05) is 25.7 Å². The van der Waals surface area contributed by atoms with Gasteiger partial charge in [-0.25, -0.2) is 8.42 Å². The molecule has 2 saturated heterocycles. The lowest BCUT2D eigenvalue weighted by atomic mass is 10.1. The van der Waals surface area contributed by atoms with Crippen LogP contribution >= 0.6 is 12.4 Å². The molecule has 0 spiro atoms. The minimum Gasteiger partial charge on any atom is -0.494 e. The van der Waals surface area contributed by atoms with Crippen molar-refractivity contribution < 1.29 is 13.2 Å². The molecular weight excluding hydrogens is 386 g/mol. The van der Waals surface area contributed by atoms with E-state index in [9.17, 15) is 8.42 Å². The first-order valence-corrected chi connectivity index (χ1v) is 11.2. The van der Waals surface area contributed by atoms with E-state index in [4.69, 9.17) is 4.74 Å². The zero-order valence-electron chi connectivity index (χ0n) is 16.1. The Bertz CT molecular complexity index is 657. The summed E-state index contributed by atoms with van der Waals surface area (Å²) in [5, 5.41) is 3.30. The highest BCUT2D eigenvalue weighted by molar-refractivity contribution is 7.89. The lowest BCUT2D eigenvalue weighted by molar-refractivity contribution is 0.202. The van der Waals surface area contributed by atoms with Crippen molar-refractivity contribution in [2.24, 2.45) is 0 Å². The maximum absolute atomic E-state index is 13.3. The average Bonchev–Trinajstić information content (AvgIpc) is 3.18. The van der Waals surface area contributed by atoms with Gasteiger partial charge in [0.1, 0.15) is 5.75 Å². The van der Waals surface area contributed by atoms with Crippen LogP contribution < -0.4 is 10.1 Å². The van der Waals surface area contributed by atoms with Crippen molar-refractivity contribution in [3.8, 4) is 5.75 Å². The molecule has 2 heterocycles. The van der Waals surface area contributed by atoms with E-state index in [2.05, 4.69) is 10.2 Å². The highest BCUT2D eigenvalue weighted by Crippen LogP contribution is 2.23. The second-order valence-corrected chi connectivity index (χ2v) is 8.96. The number of rotatable bonds is 8. The molecule has 0 bridgehead atoms. The Balaban J connectivity index is 0.00000261. The number of benzene rings is 1. The van der Waals surface area contributed by atoms with Gasteiger partial charge in [0.15, 0.2) is 0 Å². The highest BCUT2D eigenvalue weighted by Gasteiger charge is 2.33. The first-order chi connectivity index (χ1) is 12.6. The topological polar surface area (TPSA) is 61.9 Å². The van der Waals surface area contributed by atoms with Crippen molar-refractivity contribution in [3.63, 3.8) is 0 Å². The number of halogens is 1. The van der Waals surface area contributed by atoms with Gasteiger partial charge in [0.05, 0.1) is 11.5 Å². The van der Waals surface area contributed by atoms with Crippen LogP contribution in [-0.2, 0) is 10.0 Å². The number of likely N-dealkylation sites (tertiary alicyclic amines) is 1. The molecule has 2 aliphatic heterocycles. The Labute approximate surface area is 169 Å². The van der Waals surface area contributed by atoms with Crippen molar-refractivity contribution in [1.29, 1.82) is 0 Å². The van der Waals surface area contributed by atoms with E-state index in [0.29, 0.717) is 23.8 Å². The van der Waals surface area contributed by atoms with Gasteiger partial charge in [0.25, 0.3) is 0 Å². The molecular formula is C19H32ClN3O3S. The fraction of sp³-hybridized carbons (Fsp3) is 0.684. The summed E-state index contributed by atoms with van der Waals surface area (Å²) in [6.07, 6.45) is 4.60. The van der Waals surface area contributed by atoms with E-state index in [0.717, 1.165) is 39.1 Å². The van der Waals surface area contributed by atoms with E-state index in [1.54, 1.807) is 28.6 Å². The van der Waals surface area contributed by atoms with E-state index in [1.807, 2.05) is 6.92 Å². The molecule has 1 aromatic rings. The molecule has 0 aromatic heterocycles. The molecule has 0 amide bonds. The Morgan fingerprint density at radius 2 is 1.89 bits per heavy atom. The van der Waals surface area contributed by atoms with Gasteiger partial charge in [-0.2, -0.15) is 4.31 Å². The van der Waals surface area contributed by atoms with E-state index < -0.39 is 10.0 Å². The Morgan fingerprint density at radius 1 is 1.19 bits per heavy atom. The maximum atomic E-state index is 13.3. The van der Waals surface area contributed by atoms with Gasteiger partial charge in [-0.1, -0.05) is 6.42 Å². The van der Waals surface area contributed by atoms with Crippen molar-refractivity contribution in [3.05, 3.63) is 24.3 Å². The van der Waals surface area contributed by atoms with Crippen LogP contribution in [0.2, 0.25) is 0 Å². The molecule has 0 aliphatic carbocycles. The zero-order valence-corrected chi connectivity index (χ0v) is 17.7. The van der Waals surface area contributed by atoms with Crippen molar-refractivity contribution in [2.45, 2.75) is 43.5 Å². The van der Waals surface area contributed by atoms with Crippen LogP contribution in [-0.4, -0.2) is 69.5 Å². The van der Waals surface area contributed by atoms with Crippen LogP contribution in [0.4, 0.5) is 0 Å². The van der Waals surface area contributed by atoms with Crippen molar-refractivity contribution in [1.82, 2.24) is 14.5 Å². The minimum absolute atomic E-state index is 0. The fourth-order valence-corrected chi connectivity index (χ4v) is 5.46. The second kappa shape index (κ2) is 10.6. The van der Waals surface area contributed by atoms with E-state index in [-0.39, 0.29) is 18.4 Å². The quantitative estimate of drug-likeness (QED) is 0.703. The first-order valence-electron chi connectivity index (χ1n) is 9.79. The van der Waals surface area contributed by atoms with Crippen molar-refractivity contribution in [2.75, 3.05) is 45.9 Å². The van der Waals surface area contributed by atoms with Gasteiger partial charge in [-0.15, -0.1) is 12.4 Å². The molecule has 1 aromatic carbocycles. The minimum atomic E-state index is -3.51. The normalized spacial score (nSPS) is 21.2. The van der Waals surface area contributed by atoms with Crippen LogP contribution in [0, 0.1) is 0 Å². The lowest BCUT2D eigenvalue weighted by Crippen LogP contribution is -2.46. The van der Waals surface area contributed by atoms with Crippen LogP contribution in [0.15, 0.2) is 29.2 Å². The molecule has 1 N–H and O–H groups in total. The van der Waals surface area contributed by atoms with Crippen LogP contribution in [0.25, 0.3) is 0 Å². The summed E-state index contributed by atoms with van der Waals surface area (Å²) >= 11 is 0. The number of ether oxygens (including phenoxy) is 1. The molecule has 154 valence electrons. The number of hydrogen-bond acceptors (Lipinski definition) is 5. The maximum Gasteiger partial charge on any atom is 0.243 e. The Kier molecular flexibility index (Phi) is 8.82. The number of nitrogens with one attached hydrogen (secondary N) is 1. The summed E-state index contributed by atoms with van der Waals surface area (Å²) in [4.78, 5) is 2.75. The predicted octanol–water partition coefficient (Wildman–Crippen LogP) is 2.35. The number of sulfonamides is 1. The van der Waals surface area contributed by atoms with Gasteiger partial charge < -0.3 is 15.0 Å². The molecule has 2 aliphatic rings. The fourth-order valence-electron chi connectivity index (χ4n) is 3.82. The number of nitrogens with zero attached hydrogens (tertiary/aromatic N) is 2. The smallest absolute Gasteiger partial charge is 0.243 e. The molecule has 2 fully saturated rings. The summed E-state index contributed by atoms with van der Waals surface area (Å²) in [7, 11) is -3.51. The highest BCUT2D eigenvalue weighted by atomic mass is 35.5. The second-order valence-electron chi connectivity index (χ2n) is 7.07. The molecule has 6 nitrogen and oxygen atoms in total. The Hall–Kier alpha value is -0.860. The third kappa shape index (κ3) is 5.81. The van der Waals surface area contributed by atoms with E-state index in [1.165, 1.54) is 19.3 Å². The molecule has 27 heavy (non-hydrogen) atoms. The van der Waals surface area contributed by atoms with Gasteiger partial charge in [0.2, 0.25) is 10.0 Å². The Morgan fingerprint density at radius 3 is 2.48 bits per heavy atom. The van der Waals surface area contributed by atoms with Crippen LogP contribution in [0.5, 0.6) is 5.75 Å². The van der Waals surface area contributed by atoms with Gasteiger partial charge >= 0.3 is 0 Å². The third-order valence-corrected chi connectivity index (χ3v) is 7.23. The molecule has 0 radical (unpaired) electrons. The SMILES string of the molecule is CCOc1ccc(S(=O)(=O)N(CCN2CCCCC2)C2CCNC2)cc1.Cl. The zero-order chi connectivity index (χ0) is 18.4. The lowest BCUT2D eigenvalue weighted by Gasteiger charge is -2.32. The molecule has 1 unspecified atom stereocenters. The average molecular weight is 418 g/mol. The number of hydrogen-bond donors (Lipinski definition) is 1. The predicted molar refractivity (Wildman–Crippen MR) is 110 cm³/mol. The van der Waals surface area contributed by atoms with Gasteiger partial charge in [-0.05, 0) is 70.1 Å². The third-order valence-electron chi connectivity index (χ3n) is 5.27. The summed E-state index contributed by atoms with van der Waals surface area (Å²) < 4.78 is 33.8. The standard InChI is InChI=1S/C19H31N3O3S.ClH/c1-2-25-18-6-8-19(9-7-18)26(23,24)22(17-10-11-20-16-17)15-14-21-12-4-3-5-13-21;/h6-9,17,20H,2-5,10-16H2,1H3;1H. The number of piperidine rings is 1. The molecule has 8 heteroatoms. The van der Waals surface area contributed by atoms with Crippen LogP contribution in [0.1, 0.15) is 32.6 Å². The molecule has 1 atom stereocenters. The summed E-state index contributed by atoms with van der Waals surface area (Å²) in [5.74, 6) is 0.703.